The highest BCUT2D eigenvalue weighted by Gasteiger charge is 2.17. The molecule has 0 aromatic rings. The number of hydrogen-bond acceptors (Lipinski definition) is 4. The molecule has 0 fully saturated rings. The van der Waals surface area contributed by atoms with E-state index in [2.05, 4.69) is 12.2 Å². The van der Waals surface area contributed by atoms with E-state index in [-0.39, 0.29) is 12.0 Å². The Balaban J connectivity index is 3.76. The molecule has 0 aliphatic carbocycles. The average Bonchev–Trinajstić information content (AvgIpc) is 2.23. The third-order valence-electron chi connectivity index (χ3n) is 1.92. The lowest BCUT2D eigenvalue weighted by Gasteiger charge is -2.15. The number of esters is 1. The summed E-state index contributed by atoms with van der Waals surface area (Å²) in [6.45, 7) is 7.28. The number of nitrogens with one attached hydrogen (secondary N) is 1. The monoisotopic (exact) mass is 233 g/mol. The zero-order valence-electron chi connectivity index (χ0n) is 10.0. The van der Waals surface area contributed by atoms with E-state index in [0.717, 1.165) is 18.7 Å². The Labute approximate surface area is 97.3 Å². The maximum absolute atomic E-state index is 11.5. The van der Waals surface area contributed by atoms with Crippen LogP contribution in [-0.2, 0) is 9.53 Å². The van der Waals surface area contributed by atoms with E-state index in [1.54, 1.807) is 0 Å². The Kier molecular flexibility index (Phi) is 10.2. The predicted molar refractivity (Wildman–Crippen MR) is 66.3 cm³/mol. The van der Waals surface area contributed by atoms with Crippen LogP contribution in [0.15, 0.2) is 0 Å². The Bertz CT molecular complexity index is 165. The van der Waals surface area contributed by atoms with Crippen LogP contribution in [0.25, 0.3) is 0 Å². The highest BCUT2D eigenvalue weighted by molar-refractivity contribution is 7.99. The molecule has 0 aromatic heterocycles. The smallest absolute Gasteiger partial charge is 0.323 e. The van der Waals surface area contributed by atoms with Gasteiger partial charge in [-0.25, -0.2) is 0 Å². The normalized spacial score (nSPS) is 12.5. The number of carbonyl (C=O) groups excluding carboxylic acids is 1. The Morgan fingerprint density at radius 3 is 2.60 bits per heavy atom. The molecule has 15 heavy (non-hydrogen) atoms. The van der Waals surface area contributed by atoms with Gasteiger partial charge < -0.3 is 10.1 Å². The first-order chi connectivity index (χ1) is 7.26. The molecule has 0 heterocycles. The van der Waals surface area contributed by atoms with Gasteiger partial charge in [-0.05, 0) is 37.8 Å². The lowest BCUT2D eigenvalue weighted by atomic mass is 10.2. The molecule has 0 aromatic carbocycles. The minimum absolute atomic E-state index is 0.114. The second kappa shape index (κ2) is 10.3. The molecule has 90 valence electrons. The fraction of sp³-hybridized carbons (Fsp3) is 0.909. The quantitative estimate of drug-likeness (QED) is 0.489. The summed E-state index contributed by atoms with van der Waals surface area (Å²) in [5.41, 5.74) is 0. The van der Waals surface area contributed by atoms with Crippen molar-refractivity contribution >= 4 is 17.7 Å². The maximum atomic E-state index is 11.5. The number of carbonyl (C=O) groups is 1. The lowest BCUT2D eigenvalue weighted by Crippen LogP contribution is -2.38. The van der Waals surface area contributed by atoms with E-state index in [4.69, 9.17) is 4.74 Å². The first-order valence-electron chi connectivity index (χ1n) is 5.73. The molecule has 0 aliphatic rings. The summed E-state index contributed by atoms with van der Waals surface area (Å²) in [6, 6.07) is -0.126. The minimum atomic E-state index is -0.126. The van der Waals surface area contributed by atoms with E-state index in [1.165, 1.54) is 12.2 Å². The van der Waals surface area contributed by atoms with Gasteiger partial charge in [-0.2, -0.15) is 11.8 Å². The molecule has 0 saturated carbocycles. The third-order valence-corrected chi connectivity index (χ3v) is 3.14. The van der Waals surface area contributed by atoms with Crippen molar-refractivity contribution in [3.8, 4) is 0 Å². The highest BCUT2D eigenvalue weighted by atomic mass is 32.2. The minimum Gasteiger partial charge on any atom is -0.465 e. The zero-order chi connectivity index (χ0) is 11.5. The SMILES string of the molecule is CCCSCCC(NCC)C(=O)OCC. The summed E-state index contributed by atoms with van der Waals surface area (Å²) in [4.78, 5) is 11.5. The van der Waals surface area contributed by atoms with Crippen LogP contribution in [0, 0.1) is 0 Å². The number of rotatable bonds is 9. The van der Waals surface area contributed by atoms with Gasteiger partial charge in [0, 0.05) is 0 Å². The molecule has 4 heteroatoms. The Morgan fingerprint density at radius 1 is 1.33 bits per heavy atom. The summed E-state index contributed by atoms with van der Waals surface area (Å²) in [6.07, 6.45) is 2.05. The van der Waals surface area contributed by atoms with Crippen molar-refractivity contribution in [3.05, 3.63) is 0 Å². The number of thioether (sulfide) groups is 1. The first-order valence-corrected chi connectivity index (χ1v) is 6.89. The van der Waals surface area contributed by atoms with Crippen LogP contribution < -0.4 is 5.32 Å². The van der Waals surface area contributed by atoms with Crippen LogP contribution in [-0.4, -0.2) is 36.7 Å². The number of likely N-dealkylation sites (N-methyl/N-ethyl adjacent to an activating group) is 1. The molecule has 0 saturated heterocycles. The fourth-order valence-electron chi connectivity index (χ4n) is 1.24. The van der Waals surface area contributed by atoms with Crippen LogP contribution in [0.5, 0.6) is 0 Å². The first kappa shape index (κ1) is 14.8. The van der Waals surface area contributed by atoms with Gasteiger partial charge in [-0.15, -0.1) is 0 Å². The molecular formula is C11H23NO2S. The van der Waals surface area contributed by atoms with Crippen LogP contribution >= 0.6 is 11.8 Å². The van der Waals surface area contributed by atoms with Crippen molar-refractivity contribution in [2.24, 2.45) is 0 Å². The van der Waals surface area contributed by atoms with Crippen molar-refractivity contribution in [1.29, 1.82) is 0 Å². The van der Waals surface area contributed by atoms with E-state index in [1.807, 2.05) is 25.6 Å². The molecule has 0 bridgehead atoms. The second-order valence-corrected chi connectivity index (χ2v) is 4.49. The summed E-state index contributed by atoms with van der Waals surface area (Å²) in [5.74, 6) is 2.07. The second-order valence-electron chi connectivity index (χ2n) is 3.26. The highest BCUT2D eigenvalue weighted by Crippen LogP contribution is 2.07. The van der Waals surface area contributed by atoms with Crippen molar-refractivity contribution < 1.29 is 9.53 Å². The molecule has 0 rings (SSSR count). The standard InChI is InChI=1S/C11H23NO2S/c1-4-8-15-9-7-10(12-5-2)11(13)14-6-3/h10,12H,4-9H2,1-3H3. The zero-order valence-corrected chi connectivity index (χ0v) is 10.9. The van der Waals surface area contributed by atoms with Gasteiger partial charge in [0.2, 0.25) is 0 Å². The molecule has 0 aliphatic heterocycles. The van der Waals surface area contributed by atoms with Crippen LogP contribution in [0.2, 0.25) is 0 Å². The van der Waals surface area contributed by atoms with Crippen molar-refractivity contribution in [1.82, 2.24) is 5.32 Å². The van der Waals surface area contributed by atoms with Gasteiger partial charge >= 0.3 is 5.97 Å². The van der Waals surface area contributed by atoms with E-state index in [0.29, 0.717) is 6.61 Å². The van der Waals surface area contributed by atoms with E-state index >= 15 is 0 Å². The molecule has 1 atom stereocenters. The molecule has 1 unspecified atom stereocenters. The van der Waals surface area contributed by atoms with Gasteiger partial charge in [0.15, 0.2) is 0 Å². The lowest BCUT2D eigenvalue weighted by molar-refractivity contribution is -0.145. The summed E-state index contributed by atoms with van der Waals surface area (Å²) >= 11 is 1.90. The van der Waals surface area contributed by atoms with Crippen LogP contribution in [0.3, 0.4) is 0 Å². The molecule has 1 N–H and O–H groups in total. The van der Waals surface area contributed by atoms with E-state index < -0.39 is 0 Å². The van der Waals surface area contributed by atoms with Crippen molar-refractivity contribution in [2.75, 3.05) is 24.7 Å². The van der Waals surface area contributed by atoms with Gasteiger partial charge in [0.1, 0.15) is 6.04 Å². The summed E-state index contributed by atoms with van der Waals surface area (Å²) < 4.78 is 5.00. The predicted octanol–water partition coefficient (Wildman–Crippen LogP) is 2.06. The Hall–Kier alpha value is -0.220. The van der Waals surface area contributed by atoms with Gasteiger partial charge in [-0.1, -0.05) is 13.8 Å². The van der Waals surface area contributed by atoms with Crippen LogP contribution in [0.4, 0.5) is 0 Å². The molecular weight excluding hydrogens is 210 g/mol. The number of ether oxygens (including phenoxy) is 1. The fourth-order valence-corrected chi connectivity index (χ4v) is 2.14. The van der Waals surface area contributed by atoms with Crippen LogP contribution in [0.1, 0.15) is 33.6 Å². The van der Waals surface area contributed by atoms with Crippen molar-refractivity contribution in [2.45, 2.75) is 39.7 Å². The third kappa shape index (κ3) is 7.68. The van der Waals surface area contributed by atoms with Gasteiger partial charge in [0.05, 0.1) is 6.61 Å². The Morgan fingerprint density at radius 2 is 2.07 bits per heavy atom. The largest absolute Gasteiger partial charge is 0.465 e. The molecule has 0 radical (unpaired) electrons. The summed E-state index contributed by atoms with van der Waals surface area (Å²) in [5, 5.41) is 3.16. The van der Waals surface area contributed by atoms with E-state index in [9.17, 15) is 4.79 Å². The van der Waals surface area contributed by atoms with Crippen molar-refractivity contribution in [3.63, 3.8) is 0 Å². The average molecular weight is 233 g/mol. The van der Waals surface area contributed by atoms with Gasteiger partial charge in [-0.3, -0.25) is 4.79 Å². The topological polar surface area (TPSA) is 38.3 Å². The molecule has 3 nitrogen and oxygen atoms in total. The molecule has 0 spiro atoms. The molecule has 0 amide bonds. The maximum Gasteiger partial charge on any atom is 0.323 e. The van der Waals surface area contributed by atoms with Gasteiger partial charge in [0.25, 0.3) is 0 Å². The summed E-state index contributed by atoms with van der Waals surface area (Å²) in [7, 11) is 0. The number of hydrogen-bond donors (Lipinski definition) is 1.